The van der Waals surface area contributed by atoms with E-state index in [2.05, 4.69) is 25.3 Å². The summed E-state index contributed by atoms with van der Waals surface area (Å²) in [6.45, 7) is 4.05. The molecule has 5 N–H and O–H groups in total. The second-order valence-corrected chi connectivity index (χ2v) is 15.7. The van der Waals surface area contributed by atoms with E-state index in [1.807, 2.05) is 80.6 Å². The molecule has 0 aliphatic heterocycles. The van der Waals surface area contributed by atoms with Crippen LogP contribution in [0.5, 0.6) is 11.5 Å². The van der Waals surface area contributed by atoms with Gasteiger partial charge in [0.25, 0.3) is 0 Å². The summed E-state index contributed by atoms with van der Waals surface area (Å²) in [7, 11) is 0. The number of halogens is 6. The first kappa shape index (κ1) is 46.7. The minimum absolute atomic E-state index is 0.0914. The van der Waals surface area contributed by atoms with E-state index in [0.29, 0.717) is 70.2 Å². The zero-order chi connectivity index (χ0) is 44.1. The van der Waals surface area contributed by atoms with Gasteiger partial charge >= 0.3 is 0 Å². The first-order chi connectivity index (χ1) is 29.3. The van der Waals surface area contributed by atoms with Gasteiger partial charge in [-0.2, -0.15) is 0 Å². The van der Waals surface area contributed by atoms with Crippen LogP contribution in [0.1, 0.15) is 52.5 Å². The highest BCUT2D eigenvalue weighted by Gasteiger charge is 2.22. The van der Waals surface area contributed by atoms with E-state index >= 15 is 0 Å². The Bertz CT molecular complexity index is 2730. The number of nitrogens with zero attached hydrogens (tertiary/aromatic N) is 4. The van der Waals surface area contributed by atoms with Gasteiger partial charge in [-0.05, 0) is 96.3 Å². The number of aromatic nitrogens is 4. The Kier molecular flexibility index (Phi) is 17.2. The summed E-state index contributed by atoms with van der Waals surface area (Å²) in [5, 5.41) is 28.8. The fourth-order valence-corrected chi connectivity index (χ4v) is 7.43. The van der Waals surface area contributed by atoms with Crippen LogP contribution < -0.4 is 11.1 Å². The Morgan fingerprint density at radius 3 is 1.74 bits per heavy atom. The second-order valence-electron chi connectivity index (χ2n) is 13.1. The molecule has 8 aromatic rings. The van der Waals surface area contributed by atoms with Crippen molar-refractivity contribution in [2.75, 3.05) is 11.1 Å². The number of hydrogen-bond acceptors (Lipinski definition) is 9. The smallest absolute Gasteiger partial charge is 0.150 e. The number of aryl methyl sites for hydroxylation is 2. The minimum atomic E-state index is -0.466. The Morgan fingerprint density at radius 1 is 0.623 bits per heavy atom. The molecule has 1 atom stereocenters. The monoisotopic (exact) mass is 932 g/mol. The highest BCUT2D eigenvalue weighted by atomic mass is 35.5. The van der Waals surface area contributed by atoms with E-state index < -0.39 is 6.04 Å². The molecule has 61 heavy (non-hydrogen) atoms. The molecule has 0 aliphatic carbocycles. The minimum Gasteiger partial charge on any atom is -0.506 e. The predicted octanol–water partition coefficient (Wildman–Crippen LogP) is 13.7. The van der Waals surface area contributed by atoms with Crippen molar-refractivity contribution in [3.8, 4) is 11.5 Å². The standard InChI is InChI=1S/C23H18Cl3N3O.C9H7NO.C7H4Cl2O.C7H9ClN2/c1-2-13-8-18(26)12-28-23(13)29-20(15-9-16(24)11-17(25)10-15)19-6-5-14-4-3-7-27-21(14)22(19)30;11-8-5-1-3-7-4-2-6-10-9(7)8;8-6-1-5(4-10)2-7(9)3-6;1-2-5-3-6(8)4-10-7(5)9/h3-12,20,30H,2H2,1H3,(H,28,29);1-6,11H;1-4H;3-4H,2H2,1H3,(H2,9,10). The number of rotatable bonds is 7. The molecule has 0 bridgehead atoms. The molecule has 4 aromatic heterocycles. The third kappa shape index (κ3) is 13.1. The summed E-state index contributed by atoms with van der Waals surface area (Å²) in [6.07, 6.45) is 8.78. The summed E-state index contributed by atoms with van der Waals surface area (Å²) in [6, 6.07) is 29.9. The molecule has 0 fully saturated rings. The van der Waals surface area contributed by atoms with Crippen LogP contribution in [-0.2, 0) is 12.8 Å². The van der Waals surface area contributed by atoms with Gasteiger partial charge in [-0.1, -0.05) is 120 Å². The number of anilines is 2. The molecule has 4 aromatic carbocycles. The van der Waals surface area contributed by atoms with Crippen LogP contribution in [-0.4, -0.2) is 36.4 Å². The lowest BCUT2D eigenvalue weighted by Crippen LogP contribution is -2.15. The molecule has 1 unspecified atom stereocenters. The normalized spacial score (nSPS) is 11.0. The number of carbonyl (C=O) groups excluding carboxylic acids is 1. The fourth-order valence-electron chi connectivity index (χ4n) is 5.98. The van der Waals surface area contributed by atoms with Gasteiger partial charge in [-0.3, -0.25) is 14.8 Å². The number of nitrogen functional groups attached to an aromatic ring is 1. The Hall–Kier alpha value is -5.39. The zero-order valence-electron chi connectivity index (χ0n) is 32.6. The largest absolute Gasteiger partial charge is 0.506 e. The number of aldehydes is 1. The van der Waals surface area contributed by atoms with Crippen molar-refractivity contribution >= 4 is 109 Å². The SMILES string of the molecule is CCc1cc(Cl)cnc1N.CCc1cc(Cl)cnc1NC(c1cc(Cl)cc(Cl)c1)c1ccc2cccnc2c1O.O=Cc1cc(Cl)cc(Cl)c1.Oc1cccc2cccnc12. The zero-order valence-corrected chi connectivity index (χ0v) is 37.2. The number of pyridine rings is 4. The average molecular weight is 936 g/mol. The van der Waals surface area contributed by atoms with Crippen LogP contribution in [0.25, 0.3) is 21.8 Å². The first-order valence-corrected chi connectivity index (χ1v) is 20.8. The average Bonchev–Trinajstić information content (AvgIpc) is 3.24. The molecule has 4 heterocycles. The van der Waals surface area contributed by atoms with Gasteiger partial charge in [0.1, 0.15) is 40.5 Å². The van der Waals surface area contributed by atoms with Crippen LogP contribution >= 0.6 is 69.6 Å². The molecule has 0 saturated carbocycles. The summed E-state index contributed by atoms with van der Waals surface area (Å²) in [5.74, 6) is 1.58. The maximum Gasteiger partial charge on any atom is 0.150 e. The van der Waals surface area contributed by atoms with Crippen molar-refractivity contribution in [3.05, 3.63) is 186 Å². The molecular formula is C46H38Cl6N6O3. The number of nitrogens with two attached hydrogens (primary N) is 1. The number of hydrogen-bond donors (Lipinski definition) is 4. The number of para-hydroxylation sites is 1. The van der Waals surface area contributed by atoms with Crippen molar-refractivity contribution in [2.24, 2.45) is 0 Å². The molecule has 0 saturated heterocycles. The number of carbonyl (C=O) groups is 1. The number of benzene rings is 4. The number of phenolic OH excluding ortho intramolecular Hbond substituents is 2. The van der Waals surface area contributed by atoms with E-state index in [1.165, 1.54) is 0 Å². The van der Waals surface area contributed by atoms with Crippen molar-refractivity contribution in [1.82, 2.24) is 19.9 Å². The van der Waals surface area contributed by atoms with Crippen LogP contribution in [0.2, 0.25) is 30.1 Å². The third-order valence-corrected chi connectivity index (χ3v) is 10.2. The number of nitrogens with one attached hydrogen (secondary N) is 1. The van der Waals surface area contributed by atoms with Crippen LogP contribution in [0.15, 0.2) is 128 Å². The van der Waals surface area contributed by atoms with E-state index in [0.717, 1.165) is 40.3 Å². The summed E-state index contributed by atoms with van der Waals surface area (Å²) < 4.78 is 0. The number of phenols is 2. The molecule has 312 valence electrons. The van der Waals surface area contributed by atoms with Gasteiger partial charge in [-0.25, -0.2) is 9.97 Å². The van der Waals surface area contributed by atoms with Crippen LogP contribution in [0.3, 0.4) is 0 Å². The fraction of sp³-hybridized carbons (Fsp3) is 0.109. The molecule has 0 spiro atoms. The van der Waals surface area contributed by atoms with Gasteiger partial charge in [0.2, 0.25) is 0 Å². The molecule has 8 rings (SSSR count). The maximum absolute atomic E-state index is 11.1. The molecule has 0 aliphatic rings. The molecule has 0 amide bonds. The van der Waals surface area contributed by atoms with Gasteiger partial charge in [0.05, 0.1) is 16.1 Å². The third-order valence-electron chi connectivity index (χ3n) is 8.88. The van der Waals surface area contributed by atoms with E-state index in [-0.39, 0.29) is 11.5 Å². The number of aromatic hydroxyl groups is 2. The Morgan fingerprint density at radius 2 is 1.16 bits per heavy atom. The Labute approximate surface area is 383 Å². The molecular weight excluding hydrogens is 897 g/mol. The first-order valence-electron chi connectivity index (χ1n) is 18.6. The Balaban J connectivity index is 0.000000184. The van der Waals surface area contributed by atoms with Crippen molar-refractivity contribution in [3.63, 3.8) is 0 Å². The van der Waals surface area contributed by atoms with Gasteiger partial charge in [0, 0.05) is 66.8 Å². The van der Waals surface area contributed by atoms with Crippen LogP contribution in [0.4, 0.5) is 11.6 Å². The van der Waals surface area contributed by atoms with Gasteiger partial charge in [-0.15, -0.1) is 0 Å². The lowest BCUT2D eigenvalue weighted by molar-refractivity contribution is 0.112. The summed E-state index contributed by atoms with van der Waals surface area (Å²) in [4.78, 5) is 26.9. The molecule has 9 nitrogen and oxygen atoms in total. The van der Waals surface area contributed by atoms with Gasteiger partial charge in [0.15, 0.2) is 0 Å². The van der Waals surface area contributed by atoms with Crippen molar-refractivity contribution in [1.29, 1.82) is 0 Å². The highest BCUT2D eigenvalue weighted by molar-refractivity contribution is 6.35. The molecule has 0 radical (unpaired) electrons. The maximum atomic E-state index is 11.1. The highest BCUT2D eigenvalue weighted by Crippen LogP contribution is 2.38. The lowest BCUT2D eigenvalue weighted by atomic mass is 9.96. The van der Waals surface area contributed by atoms with Crippen molar-refractivity contribution in [2.45, 2.75) is 32.7 Å². The van der Waals surface area contributed by atoms with Crippen LogP contribution in [0, 0.1) is 0 Å². The van der Waals surface area contributed by atoms with E-state index in [9.17, 15) is 15.0 Å². The lowest BCUT2D eigenvalue weighted by Gasteiger charge is -2.23. The topological polar surface area (TPSA) is 147 Å². The van der Waals surface area contributed by atoms with Gasteiger partial charge < -0.3 is 21.3 Å². The molecule has 15 heteroatoms. The summed E-state index contributed by atoms with van der Waals surface area (Å²) >= 11 is 35.5. The number of fused-ring (bicyclic) bond motifs is 2. The quantitative estimate of drug-likeness (QED) is 0.115. The second kappa shape index (κ2) is 22.5. The predicted molar refractivity (Wildman–Crippen MR) is 252 cm³/mol. The van der Waals surface area contributed by atoms with E-state index in [1.54, 1.807) is 61.2 Å². The van der Waals surface area contributed by atoms with E-state index in [4.69, 9.17) is 75.3 Å². The summed E-state index contributed by atoms with van der Waals surface area (Å²) in [5.41, 5.74) is 10.6. The van der Waals surface area contributed by atoms with Crippen molar-refractivity contribution < 1.29 is 15.0 Å².